The van der Waals surface area contributed by atoms with Crippen molar-refractivity contribution in [2.24, 2.45) is 0 Å². The molecule has 31 heavy (non-hydrogen) atoms. The lowest BCUT2D eigenvalue weighted by Crippen LogP contribution is -2.38. The highest BCUT2D eigenvalue weighted by Gasteiger charge is 2.27. The number of aromatic nitrogens is 5. The second kappa shape index (κ2) is 7.65. The van der Waals surface area contributed by atoms with Crippen molar-refractivity contribution in [1.82, 2.24) is 29.5 Å². The summed E-state index contributed by atoms with van der Waals surface area (Å²) in [6.45, 7) is 3.46. The standard InChI is InChI=1S/C20H21F2N7OS/c1-10(28-7-6-12-14(9-28)31-19(24-12)17(21)22)8-15-25-18-11-4-3-5-13(30-2)16(11)26-20(23)29(18)27-15/h3-5,10,17H,6-9H2,1-2H3,(H2,23,26)/t10-/m1/s1. The summed E-state index contributed by atoms with van der Waals surface area (Å²) in [6, 6.07) is 5.74. The molecule has 1 aliphatic heterocycles. The molecule has 1 aromatic carbocycles. The largest absolute Gasteiger partial charge is 0.494 e. The first-order valence-corrected chi connectivity index (χ1v) is 10.7. The van der Waals surface area contributed by atoms with Gasteiger partial charge in [0.25, 0.3) is 6.43 Å². The Balaban J connectivity index is 1.41. The van der Waals surface area contributed by atoms with Crippen LogP contribution in [-0.4, -0.2) is 49.2 Å². The van der Waals surface area contributed by atoms with Gasteiger partial charge in [0.15, 0.2) is 16.5 Å². The third kappa shape index (κ3) is 3.47. The molecule has 0 fully saturated rings. The van der Waals surface area contributed by atoms with Crippen LogP contribution in [0.25, 0.3) is 16.6 Å². The normalized spacial score (nSPS) is 15.6. The Bertz CT molecular complexity index is 1270. The van der Waals surface area contributed by atoms with Gasteiger partial charge in [-0.3, -0.25) is 4.90 Å². The lowest BCUT2D eigenvalue weighted by Gasteiger charge is -2.31. The second-order valence-electron chi connectivity index (χ2n) is 7.59. The van der Waals surface area contributed by atoms with E-state index in [-0.39, 0.29) is 17.0 Å². The summed E-state index contributed by atoms with van der Waals surface area (Å²) in [5.74, 6) is 1.52. The van der Waals surface area contributed by atoms with Crippen LogP contribution in [0.3, 0.4) is 0 Å². The zero-order chi connectivity index (χ0) is 21.7. The average Bonchev–Trinajstić information content (AvgIpc) is 3.37. The highest BCUT2D eigenvalue weighted by molar-refractivity contribution is 7.11. The van der Waals surface area contributed by atoms with Crippen LogP contribution in [0.1, 0.15) is 34.8 Å². The molecule has 4 aromatic rings. The number of ether oxygens (including phenoxy) is 1. The number of nitrogen functional groups attached to an aromatic ring is 1. The minimum absolute atomic E-state index is 0.0909. The molecule has 2 N–H and O–H groups in total. The molecule has 0 spiro atoms. The number of para-hydroxylation sites is 1. The van der Waals surface area contributed by atoms with Crippen LogP contribution < -0.4 is 10.5 Å². The Morgan fingerprint density at radius 1 is 1.26 bits per heavy atom. The molecule has 3 aromatic heterocycles. The van der Waals surface area contributed by atoms with E-state index >= 15 is 0 Å². The van der Waals surface area contributed by atoms with E-state index in [4.69, 9.17) is 15.5 Å². The molecule has 0 bridgehead atoms. The Morgan fingerprint density at radius 2 is 2.10 bits per heavy atom. The fourth-order valence-electron chi connectivity index (χ4n) is 4.02. The van der Waals surface area contributed by atoms with Crippen LogP contribution in [0.15, 0.2) is 18.2 Å². The number of methoxy groups -OCH3 is 1. The van der Waals surface area contributed by atoms with Gasteiger partial charge in [-0.2, -0.15) is 4.52 Å². The van der Waals surface area contributed by atoms with Crippen LogP contribution >= 0.6 is 11.3 Å². The minimum atomic E-state index is -2.52. The number of hydrogen-bond acceptors (Lipinski definition) is 8. The van der Waals surface area contributed by atoms with E-state index in [1.807, 2.05) is 18.2 Å². The topological polar surface area (TPSA) is 94.5 Å². The van der Waals surface area contributed by atoms with Crippen LogP contribution in [0.2, 0.25) is 0 Å². The van der Waals surface area contributed by atoms with Gasteiger partial charge in [0.05, 0.1) is 12.8 Å². The molecule has 0 radical (unpaired) electrons. The van der Waals surface area contributed by atoms with E-state index in [2.05, 4.69) is 26.9 Å². The molecular formula is C20H21F2N7OS. The number of hydrogen-bond donors (Lipinski definition) is 1. The molecule has 1 atom stereocenters. The number of nitrogens with two attached hydrogens (primary N) is 1. The number of alkyl halides is 2. The molecule has 1 aliphatic rings. The van der Waals surface area contributed by atoms with Gasteiger partial charge in [-0.05, 0) is 19.1 Å². The number of rotatable bonds is 5. The predicted molar refractivity (Wildman–Crippen MR) is 114 cm³/mol. The first kappa shape index (κ1) is 20.0. The number of nitrogens with zero attached hydrogens (tertiary/aromatic N) is 6. The summed E-state index contributed by atoms with van der Waals surface area (Å²) in [5.41, 5.74) is 8.21. The van der Waals surface area contributed by atoms with Gasteiger partial charge in [-0.1, -0.05) is 6.07 Å². The maximum Gasteiger partial charge on any atom is 0.289 e. The fraction of sp³-hybridized carbons (Fsp3) is 0.400. The van der Waals surface area contributed by atoms with Crippen molar-refractivity contribution in [1.29, 1.82) is 0 Å². The predicted octanol–water partition coefficient (Wildman–Crippen LogP) is 3.25. The number of benzene rings is 1. The second-order valence-corrected chi connectivity index (χ2v) is 8.70. The molecule has 0 saturated heterocycles. The van der Waals surface area contributed by atoms with E-state index in [0.29, 0.717) is 42.1 Å². The summed E-state index contributed by atoms with van der Waals surface area (Å²) >= 11 is 1.11. The molecule has 11 heteroatoms. The summed E-state index contributed by atoms with van der Waals surface area (Å²) < 4.78 is 32.9. The van der Waals surface area contributed by atoms with Gasteiger partial charge >= 0.3 is 0 Å². The first-order chi connectivity index (χ1) is 14.9. The van der Waals surface area contributed by atoms with Crippen LogP contribution in [0.4, 0.5) is 14.7 Å². The zero-order valence-electron chi connectivity index (χ0n) is 17.0. The maximum absolute atomic E-state index is 13.0. The third-order valence-corrected chi connectivity index (χ3v) is 6.71. The van der Waals surface area contributed by atoms with Gasteiger partial charge < -0.3 is 10.5 Å². The van der Waals surface area contributed by atoms with Crippen molar-refractivity contribution in [2.75, 3.05) is 19.4 Å². The van der Waals surface area contributed by atoms with E-state index in [9.17, 15) is 8.78 Å². The first-order valence-electron chi connectivity index (χ1n) is 9.93. The third-order valence-electron chi connectivity index (χ3n) is 5.62. The Hall–Kier alpha value is -2.92. The van der Waals surface area contributed by atoms with Gasteiger partial charge in [0.2, 0.25) is 5.95 Å². The monoisotopic (exact) mass is 445 g/mol. The Morgan fingerprint density at radius 3 is 2.87 bits per heavy atom. The number of fused-ring (bicyclic) bond motifs is 4. The summed E-state index contributed by atoms with van der Waals surface area (Å²) in [6.07, 6.45) is -1.25. The quantitative estimate of drug-likeness (QED) is 0.504. The smallest absolute Gasteiger partial charge is 0.289 e. The van der Waals surface area contributed by atoms with Crippen molar-refractivity contribution >= 4 is 33.8 Å². The lowest BCUT2D eigenvalue weighted by atomic mass is 10.1. The molecule has 0 amide bonds. The lowest BCUT2D eigenvalue weighted by molar-refractivity contribution is 0.150. The zero-order valence-corrected chi connectivity index (χ0v) is 17.9. The van der Waals surface area contributed by atoms with E-state index in [1.165, 1.54) is 0 Å². The summed E-state index contributed by atoms with van der Waals surface area (Å²) in [4.78, 5) is 16.4. The number of thiazole rings is 1. The molecule has 4 heterocycles. The van der Waals surface area contributed by atoms with Gasteiger partial charge in [0, 0.05) is 42.2 Å². The van der Waals surface area contributed by atoms with Crippen molar-refractivity contribution in [2.45, 2.75) is 38.8 Å². The van der Waals surface area contributed by atoms with Crippen molar-refractivity contribution in [3.05, 3.63) is 39.6 Å². The SMILES string of the molecule is COc1cccc2c1nc(N)n1nc(C[C@@H](C)N3CCc4nc(C(F)F)sc4C3)nc21. The molecule has 0 unspecified atom stereocenters. The van der Waals surface area contributed by atoms with Crippen LogP contribution in [0, 0.1) is 0 Å². The van der Waals surface area contributed by atoms with Gasteiger partial charge in [-0.25, -0.2) is 23.7 Å². The average molecular weight is 445 g/mol. The van der Waals surface area contributed by atoms with Crippen molar-refractivity contribution in [3.8, 4) is 5.75 Å². The summed E-state index contributed by atoms with van der Waals surface area (Å²) in [5, 5.41) is 5.29. The van der Waals surface area contributed by atoms with Gasteiger partial charge in [0.1, 0.15) is 11.3 Å². The molecule has 162 valence electrons. The molecule has 5 rings (SSSR count). The van der Waals surface area contributed by atoms with Crippen molar-refractivity contribution in [3.63, 3.8) is 0 Å². The number of anilines is 1. The van der Waals surface area contributed by atoms with E-state index in [0.717, 1.165) is 33.8 Å². The highest BCUT2D eigenvalue weighted by Crippen LogP contribution is 2.32. The molecule has 8 nitrogen and oxygen atoms in total. The summed E-state index contributed by atoms with van der Waals surface area (Å²) in [7, 11) is 1.59. The van der Waals surface area contributed by atoms with Crippen LogP contribution in [0.5, 0.6) is 5.75 Å². The van der Waals surface area contributed by atoms with Gasteiger partial charge in [-0.15, -0.1) is 16.4 Å². The highest BCUT2D eigenvalue weighted by atomic mass is 32.1. The van der Waals surface area contributed by atoms with E-state index < -0.39 is 6.43 Å². The Kier molecular flexibility index (Phi) is 4.94. The minimum Gasteiger partial charge on any atom is -0.494 e. The van der Waals surface area contributed by atoms with Crippen molar-refractivity contribution < 1.29 is 13.5 Å². The molecular weight excluding hydrogens is 424 g/mol. The van der Waals surface area contributed by atoms with E-state index in [1.54, 1.807) is 11.6 Å². The number of halogens is 2. The molecule has 0 aliphatic carbocycles. The Labute approximate surface area is 180 Å². The van der Waals surface area contributed by atoms with Crippen LogP contribution in [-0.2, 0) is 19.4 Å². The molecule has 0 saturated carbocycles. The maximum atomic E-state index is 13.0. The fourth-order valence-corrected chi connectivity index (χ4v) is 5.01.